The van der Waals surface area contributed by atoms with E-state index in [-0.39, 0.29) is 23.3 Å². The summed E-state index contributed by atoms with van der Waals surface area (Å²) in [5.74, 6) is 0.361. The number of aromatic nitrogens is 3. The van der Waals surface area contributed by atoms with Crippen LogP contribution in [-0.2, 0) is 6.18 Å². The van der Waals surface area contributed by atoms with Crippen molar-refractivity contribution in [3.05, 3.63) is 34.8 Å². The maximum Gasteiger partial charge on any atom is 0.433 e. The van der Waals surface area contributed by atoms with Crippen LogP contribution in [0.5, 0.6) is 0 Å². The van der Waals surface area contributed by atoms with Crippen LogP contribution in [0, 0.1) is 20.8 Å². The average Bonchev–Trinajstić information content (AvgIpc) is 2.91. The van der Waals surface area contributed by atoms with Gasteiger partial charge in [-0.15, -0.1) is 0 Å². The van der Waals surface area contributed by atoms with Crippen LogP contribution >= 0.6 is 0 Å². The Balaban J connectivity index is 1.72. The van der Waals surface area contributed by atoms with Crippen LogP contribution in [0.25, 0.3) is 0 Å². The van der Waals surface area contributed by atoms with Gasteiger partial charge in [-0.05, 0) is 19.9 Å². The van der Waals surface area contributed by atoms with E-state index in [2.05, 4.69) is 15.0 Å². The number of alkyl halides is 3. The fourth-order valence-electron chi connectivity index (χ4n) is 2.82. The minimum atomic E-state index is -4.53. The molecule has 7 nitrogen and oxygen atoms in total. The quantitative estimate of drug-likeness (QED) is 0.809. The van der Waals surface area contributed by atoms with Crippen LogP contribution in [0.4, 0.5) is 19.1 Å². The molecule has 3 rings (SSSR count). The van der Waals surface area contributed by atoms with E-state index in [1.807, 2.05) is 0 Å². The number of oxazole rings is 1. The van der Waals surface area contributed by atoms with Crippen LogP contribution in [0.15, 0.2) is 10.5 Å². The van der Waals surface area contributed by atoms with Gasteiger partial charge in [-0.2, -0.15) is 13.2 Å². The highest BCUT2D eigenvalue weighted by Gasteiger charge is 2.34. The summed E-state index contributed by atoms with van der Waals surface area (Å²) in [6.07, 6.45) is -4.53. The molecule has 1 aliphatic heterocycles. The lowest BCUT2D eigenvalue weighted by molar-refractivity contribution is -0.141. The molecule has 0 radical (unpaired) electrons. The van der Waals surface area contributed by atoms with E-state index in [9.17, 15) is 18.0 Å². The molecule has 0 atom stereocenters. The molecule has 140 valence electrons. The van der Waals surface area contributed by atoms with Crippen LogP contribution in [0.2, 0.25) is 0 Å². The molecular formula is C16H18F3N5O2. The first-order valence-electron chi connectivity index (χ1n) is 8.06. The third-order valence-electron chi connectivity index (χ3n) is 4.08. The smallest absolute Gasteiger partial charge is 0.433 e. The average molecular weight is 369 g/mol. The highest BCUT2D eigenvalue weighted by Crippen LogP contribution is 2.29. The van der Waals surface area contributed by atoms with Gasteiger partial charge in [0, 0.05) is 38.8 Å². The van der Waals surface area contributed by atoms with E-state index >= 15 is 0 Å². The van der Waals surface area contributed by atoms with Gasteiger partial charge in [0.1, 0.15) is 5.69 Å². The van der Waals surface area contributed by atoms with Crippen LogP contribution in [0.3, 0.4) is 0 Å². The Morgan fingerprint density at radius 3 is 2.27 bits per heavy atom. The second-order valence-electron chi connectivity index (χ2n) is 6.12. The monoisotopic (exact) mass is 369 g/mol. The number of carbonyl (C=O) groups excluding carboxylic acids is 1. The Labute approximate surface area is 147 Å². The summed E-state index contributed by atoms with van der Waals surface area (Å²) in [4.78, 5) is 27.6. The van der Waals surface area contributed by atoms with Crippen LogP contribution < -0.4 is 4.90 Å². The first kappa shape index (κ1) is 18.2. The third kappa shape index (κ3) is 3.63. The molecule has 3 heterocycles. The number of amides is 1. The number of hydrogen-bond donors (Lipinski definition) is 0. The molecule has 0 saturated carbocycles. The van der Waals surface area contributed by atoms with Crippen molar-refractivity contribution < 1.29 is 22.4 Å². The second-order valence-corrected chi connectivity index (χ2v) is 6.12. The predicted octanol–water partition coefficient (Wildman–Crippen LogP) is 2.37. The molecule has 1 saturated heterocycles. The van der Waals surface area contributed by atoms with E-state index < -0.39 is 11.9 Å². The topological polar surface area (TPSA) is 75.4 Å². The molecule has 1 amide bonds. The summed E-state index contributed by atoms with van der Waals surface area (Å²) in [6, 6.07) is 0.915. The fourth-order valence-corrected chi connectivity index (χ4v) is 2.82. The van der Waals surface area contributed by atoms with Crippen LogP contribution in [-0.4, -0.2) is 51.9 Å². The lowest BCUT2D eigenvalue weighted by Crippen LogP contribution is -2.49. The number of aryl methyl sites for hydroxylation is 3. The van der Waals surface area contributed by atoms with Gasteiger partial charge in [0.25, 0.3) is 5.91 Å². The molecule has 1 fully saturated rings. The van der Waals surface area contributed by atoms with Gasteiger partial charge >= 0.3 is 6.18 Å². The molecule has 2 aromatic heterocycles. The summed E-state index contributed by atoms with van der Waals surface area (Å²) in [5.41, 5.74) is -0.202. The molecule has 0 unspecified atom stereocenters. The zero-order chi connectivity index (χ0) is 19.1. The van der Waals surface area contributed by atoms with E-state index in [4.69, 9.17) is 4.42 Å². The summed E-state index contributed by atoms with van der Waals surface area (Å²) < 4.78 is 44.1. The zero-order valence-corrected chi connectivity index (χ0v) is 14.6. The highest BCUT2D eigenvalue weighted by molar-refractivity contribution is 5.92. The van der Waals surface area contributed by atoms with Crippen molar-refractivity contribution in [2.24, 2.45) is 0 Å². The highest BCUT2D eigenvalue weighted by atomic mass is 19.4. The number of anilines is 1. The van der Waals surface area contributed by atoms with Crippen LogP contribution in [0.1, 0.15) is 33.5 Å². The summed E-state index contributed by atoms with van der Waals surface area (Å²) in [6.45, 7) is 6.17. The van der Waals surface area contributed by atoms with Crippen molar-refractivity contribution in [1.82, 2.24) is 19.9 Å². The lowest BCUT2D eigenvalue weighted by atomic mass is 10.2. The Morgan fingerprint density at radius 2 is 1.73 bits per heavy atom. The summed E-state index contributed by atoms with van der Waals surface area (Å²) in [7, 11) is 0. The van der Waals surface area contributed by atoms with E-state index in [0.29, 0.717) is 37.8 Å². The predicted molar refractivity (Wildman–Crippen MR) is 85.9 cm³/mol. The maximum atomic E-state index is 12.9. The third-order valence-corrected chi connectivity index (χ3v) is 4.08. The molecule has 0 spiro atoms. The van der Waals surface area contributed by atoms with Crippen molar-refractivity contribution in [1.29, 1.82) is 0 Å². The normalized spacial score (nSPS) is 15.5. The minimum absolute atomic E-state index is 0.0242. The first-order chi connectivity index (χ1) is 12.1. The molecule has 0 N–H and O–H groups in total. The van der Waals surface area contributed by atoms with Gasteiger partial charge in [0.05, 0.1) is 5.69 Å². The number of nitrogens with zero attached hydrogens (tertiary/aromatic N) is 5. The Kier molecular flexibility index (Phi) is 4.59. The SMILES string of the molecule is Cc1cc(C(F)(F)F)nc(N2CCN(C(=O)c3oc(C)nc3C)CC2)n1. The van der Waals surface area contributed by atoms with Gasteiger partial charge in [0.15, 0.2) is 5.89 Å². The standard InChI is InChI=1S/C16H18F3N5O2/c1-9-8-12(16(17,18)19)22-15(20-9)24-6-4-23(5-7-24)14(25)13-10(2)21-11(3)26-13/h8H,4-7H2,1-3H3. The molecule has 1 aliphatic rings. The molecule has 2 aromatic rings. The Bertz CT molecular complexity index is 826. The summed E-state index contributed by atoms with van der Waals surface area (Å²) >= 11 is 0. The molecule has 0 aliphatic carbocycles. The maximum absolute atomic E-state index is 12.9. The molecular weight excluding hydrogens is 351 g/mol. The van der Waals surface area contributed by atoms with E-state index in [1.54, 1.807) is 23.6 Å². The van der Waals surface area contributed by atoms with Gasteiger partial charge in [-0.3, -0.25) is 4.79 Å². The molecule has 0 bridgehead atoms. The van der Waals surface area contributed by atoms with Gasteiger partial charge in [0.2, 0.25) is 11.7 Å². The largest absolute Gasteiger partial charge is 0.436 e. The second kappa shape index (κ2) is 6.58. The fraction of sp³-hybridized carbons (Fsp3) is 0.500. The minimum Gasteiger partial charge on any atom is -0.436 e. The molecule has 26 heavy (non-hydrogen) atoms. The zero-order valence-electron chi connectivity index (χ0n) is 14.6. The van der Waals surface area contributed by atoms with Gasteiger partial charge < -0.3 is 14.2 Å². The van der Waals surface area contributed by atoms with Crippen molar-refractivity contribution >= 4 is 11.9 Å². The van der Waals surface area contributed by atoms with Gasteiger partial charge in [-0.25, -0.2) is 15.0 Å². The number of rotatable bonds is 2. The van der Waals surface area contributed by atoms with E-state index in [1.165, 1.54) is 6.92 Å². The summed E-state index contributed by atoms with van der Waals surface area (Å²) in [5, 5.41) is 0. The van der Waals surface area contributed by atoms with Gasteiger partial charge in [-0.1, -0.05) is 0 Å². The number of carbonyl (C=O) groups is 1. The number of hydrogen-bond acceptors (Lipinski definition) is 6. The van der Waals surface area contributed by atoms with Crippen molar-refractivity contribution in [3.8, 4) is 0 Å². The lowest BCUT2D eigenvalue weighted by Gasteiger charge is -2.34. The Morgan fingerprint density at radius 1 is 1.08 bits per heavy atom. The van der Waals surface area contributed by atoms with Crippen molar-refractivity contribution in [2.45, 2.75) is 26.9 Å². The number of piperazine rings is 1. The van der Waals surface area contributed by atoms with E-state index in [0.717, 1.165) is 6.07 Å². The number of halogens is 3. The Hall–Kier alpha value is -2.65. The first-order valence-corrected chi connectivity index (χ1v) is 8.06. The van der Waals surface area contributed by atoms with Crippen molar-refractivity contribution in [3.63, 3.8) is 0 Å². The molecule has 10 heteroatoms. The molecule has 0 aromatic carbocycles. The van der Waals surface area contributed by atoms with Crippen molar-refractivity contribution in [2.75, 3.05) is 31.1 Å².